The summed E-state index contributed by atoms with van der Waals surface area (Å²) in [5, 5.41) is 12.1. The predicted octanol–water partition coefficient (Wildman–Crippen LogP) is 1.43. The van der Waals surface area contributed by atoms with Crippen LogP contribution in [-0.2, 0) is 14.8 Å². The van der Waals surface area contributed by atoms with Crippen LogP contribution in [0, 0.1) is 11.3 Å². The topological polar surface area (TPSA) is 161 Å². The molecule has 0 unspecified atom stereocenters. The predicted molar refractivity (Wildman–Crippen MR) is 108 cm³/mol. The van der Waals surface area contributed by atoms with Gasteiger partial charge in [0.15, 0.2) is 16.4 Å². The Kier molecular flexibility index (Phi) is 5.35. The second-order valence-electron chi connectivity index (χ2n) is 6.04. The summed E-state index contributed by atoms with van der Waals surface area (Å²) in [5.41, 5.74) is 5.10. The lowest BCUT2D eigenvalue weighted by atomic mass is 10.1. The van der Waals surface area contributed by atoms with Crippen molar-refractivity contribution in [1.29, 1.82) is 5.26 Å². The number of carbonyl (C=O) groups is 2. The zero-order valence-corrected chi connectivity index (χ0v) is 16.7. The molecular formula is C19H16N4O6S. The Morgan fingerprint density at radius 1 is 1.17 bits per heavy atom. The van der Waals surface area contributed by atoms with Crippen molar-refractivity contribution in [3.05, 3.63) is 52.4 Å². The SMILES string of the molecule is COc1cc2c(cc1OC)/C(=C(\C#N)S(=O)(=O)Nc1ccccc1C(N)=O)C(=O)N2. The molecule has 30 heavy (non-hydrogen) atoms. The van der Waals surface area contributed by atoms with Gasteiger partial charge in [-0.25, -0.2) is 8.42 Å². The number of primary amides is 1. The number of nitrogens with zero attached hydrogens (tertiary/aromatic N) is 1. The van der Waals surface area contributed by atoms with Gasteiger partial charge in [-0.1, -0.05) is 12.1 Å². The lowest BCUT2D eigenvalue weighted by Crippen LogP contribution is -2.21. The number of amides is 2. The molecule has 0 aromatic heterocycles. The summed E-state index contributed by atoms with van der Waals surface area (Å²) in [6.07, 6.45) is 0. The fourth-order valence-corrected chi connectivity index (χ4v) is 4.12. The number of sulfonamides is 1. The highest BCUT2D eigenvalue weighted by atomic mass is 32.2. The van der Waals surface area contributed by atoms with E-state index in [9.17, 15) is 23.3 Å². The third-order valence-electron chi connectivity index (χ3n) is 4.30. The van der Waals surface area contributed by atoms with Gasteiger partial charge in [-0.3, -0.25) is 14.3 Å². The van der Waals surface area contributed by atoms with Crippen LogP contribution >= 0.6 is 0 Å². The van der Waals surface area contributed by atoms with Gasteiger partial charge in [0.1, 0.15) is 6.07 Å². The molecule has 0 saturated carbocycles. The van der Waals surface area contributed by atoms with Crippen molar-refractivity contribution in [2.75, 3.05) is 24.3 Å². The minimum atomic E-state index is -4.55. The Labute approximate surface area is 171 Å². The van der Waals surface area contributed by atoms with Crippen LogP contribution in [0.4, 0.5) is 11.4 Å². The van der Waals surface area contributed by atoms with E-state index in [2.05, 4.69) is 10.0 Å². The van der Waals surface area contributed by atoms with Crippen LogP contribution in [0.2, 0.25) is 0 Å². The van der Waals surface area contributed by atoms with Gasteiger partial charge in [0.25, 0.3) is 21.8 Å². The second kappa shape index (κ2) is 7.76. The molecule has 0 saturated heterocycles. The van der Waals surface area contributed by atoms with E-state index in [-0.39, 0.29) is 33.8 Å². The normalized spacial score (nSPS) is 14.2. The first-order chi connectivity index (χ1) is 14.2. The average Bonchev–Trinajstić information content (AvgIpc) is 3.02. The number of nitrogens with two attached hydrogens (primary N) is 1. The number of carbonyl (C=O) groups excluding carboxylic acids is 2. The van der Waals surface area contributed by atoms with Crippen molar-refractivity contribution < 1.29 is 27.5 Å². The molecule has 1 aliphatic heterocycles. The Morgan fingerprint density at radius 2 is 1.80 bits per heavy atom. The third-order valence-corrected chi connectivity index (χ3v) is 5.62. The maximum absolute atomic E-state index is 12.9. The van der Waals surface area contributed by atoms with Crippen LogP contribution in [0.15, 0.2) is 41.3 Å². The van der Waals surface area contributed by atoms with Gasteiger partial charge in [0.05, 0.1) is 36.7 Å². The van der Waals surface area contributed by atoms with Gasteiger partial charge in [-0.2, -0.15) is 5.26 Å². The molecule has 2 aromatic rings. The Balaban J connectivity index is 2.18. The third kappa shape index (κ3) is 3.51. The van der Waals surface area contributed by atoms with Crippen LogP contribution in [0.5, 0.6) is 11.5 Å². The van der Waals surface area contributed by atoms with Crippen LogP contribution in [0.3, 0.4) is 0 Å². The molecule has 0 radical (unpaired) electrons. The van der Waals surface area contributed by atoms with Gasteiger partial charge < -0.3 is 20.5 Å². The van der Waals surface area contributed by atoms with Gasteiger partial charge in [0, 0.05) is 11.6 Å². The molecule has 0 aliphatic carbocycles. The number of rotatable bonds is 6. The molecule has 1 heterocycles. The quantitative estimate of drug-likeness (QED) is 0.463. The summed E-state index contributed by atoms with van der Waals surface area (Å²) < 4.78 is 38.4. The number of ether oxygens (including phenoxy) is 2. The number of benzene rings is 2. The van der Waals surface area contributed by atoms with E-state index in [1.54, 1.807) is 6.07 Å². The van der Waals surface area contributed by atoms with Crippen LogP contribution < -0.4 is 25.2 Å². The van der Waals surface area contributed by atoms with Crippen molar-refractivity contribution in [2.24, 2.45) is 5.73 Å². The summed E-state index contributed by atoms with van der Waals surface area (Å²) in [7, 11) is -1.77. The molecule has 154 valence electrons. The van der Waals surface area contributed by atoms with E-state index in [1.165, 1.54) is 50.6 Å². The highest BCUT2D eigenvalue weighted by molar-refractivity contribution is 7.97. The second-order valence-corrected chi connectivity index (χ2v) is 7.66. The standard InChI is InChI=1S/C19H16N4O6S/c1-28-14-7-11-13(8-15(14)29-2)22-19(25)17(11)16(9-20)30(26,27)23-12-6-4-3-5-10(12)18(21)24/h3-8,23H,1-2H3,(H2,21,24)(H,22,25)/b17-16-. The molecule has 0 fully saturated rings. The lowest BCUT2D eigenvalue weighted by molar-refractivity contribution is -0.110. The Bertz CT molecular complexity index is 1240. The van der Waals surface area contributed by atoms with Gasteiger partial charge in [-0.15, -0.1) is 0 Å². The van der Waals surface area contributed by atoms with Crippen molar-refractivity contribution in [3.63, 3.8) is 0 Å². The van der Waals surface area contributed by atoms with E-state index in [0.29, 0.717) is 5.75 Å². The fraction of sp³-hybridized carbons (Fsp3) is 0.105. The van der Waals surface area contributed by atoms with Crippen LogP contribution in [0.1, 0.15) is 15.9 Å². The molecule has 10 nitrogen and oxygen atoms in total. The Hall–Kier alpha value is -4.04. The van der Waals surface area contributed by atoms with Crippen LogP contribution in [-0.4, -0.2) is 34.5 Å². The zero-order chi connectivity index (χ0) is 22.1. The van der Waals surface area contributed by atoms with E-state index in [1.807, 2.05) is 0 Å². The van der Waals surface area contributed by atoms with E-state index >= 15 is 0 Å². The van der Waals surface area contributed by atoms with Gasteiger partial charge in [-0.05, 0) is 18.2 Å². The van der Waals surface area contributed by atoms with E-state index in [0.717, 1.165) is 0 Å². The largest absolute Gasteiger partial charge is 0.493 e. The summed E-state index contributed by atoms with van der Waals surface area (Å²) >= 11 is 0. The number of para-hydroxylation sites is 1. The molecule has 0 spiro atoms. The number of anilines is 2. The van der Waals surface area contributed by atoms with Crippen molar-refractivity contribution >= 4 is 38.8 Å². The molecule has 0 atom stereocenters. The van der Waals surface area contributed by atoms with Crippen LogP contribution in [0.25, 0.3) is 5.57 Å². The summed E-state index contributed by atoms with van der Waals surface area (Å²) in [6.45, 7) is 0. The molecule has 2 aromatic carbocycles. The fourth-order valence-electron chi connectivity index (χ4n) is 2.95. The van der Waals surface area contributed by atoms with Crippen molar-refractivity contribution in [1.82, 2.24) is 0 Å². The lowest BCUT2D eigenvalue weighted by Gasteiger charge is -2.12. The van der Waals surface area contributed by atoms with Gasteiger partial charge in [0.2, 0.25) is 0 Å². The molecule has 1 aliphatic rings. The number of allylic oxidation sites excluding steroid dienone is 1. The first kappa shape index (κ1) is 20.7. The summed E-state index contributed by atoms with van der Waals surface area (Å²) in [5.74, 6) is -1.09. The highest BCUT2D eigenvalue weighted by Crippen LogP contribution is 2.42. The maximum atomic E-state index is 12.9. The zero-order valence-electron chi connectivity index (χ0n) is 15.8. The van der Waals surface area contributed by atoms with E-state index < -0.39 is 26.7 Å². The molecule has 4 N–H and O–H groups in total. The smallest absolute Gasteiger partial charge is 0.272 e. The number of nitrogens with one attached hydrogen (secondary N) is 2. The number of nitriles is 1. The highest BCUT2D eigenvalue weighted by Gasteiger charge is 2.35. The summed E-state index contributed by atoms with van der Waals surface area (Å²) in [4.78, 5) is 23.3. The van der Waals surface area contributed by atoms with E-state index in [4.69, 9.17) is 15.2 Å². The number of fused-ring (bicyclic) bond motifs is 1. The minimum absolute atomic E-state index is 0.0916. The molecule has 11 heteroatoms. The maximum Gasteiger partial charge on any atom is 0.272 e. The molecule has 3 rings (SSSR count). The monoisotopic (exact) mass is 428 g/mol. The van der Waals surface area contributed by atoms with Crippen molar-refractivity contribution in [3.8, 4) is 17.6 Å². The number of hydrogen-bond donors (Lipinski definition) is 3. The summed E-state index contributed by atoms with van der Waals surface area (Å²) in [6, 6.07) is 10.0. The first-order valence-electron chi connectivity index (χ1n) is 8.37. The minimum Gasteiger partial charge on any atom is -0.493 e. The first-order valence-corrected chi connectivity index (χ1v) is 9.85. The number of methoxy groups -OCH3 is 2. The molecular weight excluding hydrogens is 412 g/mol. The molecule has 2 amide bonds. The molecule has 0 bridgehead atoms. The number of hydrogen-bond acceptors (Lipinski definition) is 7. The Morgan fingerprint density at radius 3 is 2.40 bits per heavy atom. The average molecular weight is 428 g/mol. The van der Waals surface area contributed by atoms with Gasteiger partial charge >= 0.3 is 0 Å². The van der Waals surface area contributed by atoms with Crippen molar-refractivity contribution in [2.45, 2.75) is 0 Å².